The van der Waals surface area contributed by atoms with Crippen LogP contribution in [0.2, 0.25) is 0 Å². The second-order valence-corrected chi connectivity index (χ2v) is 4.33. The largest absolute Gasteiger partial charge is 0.396 e. The van der Waals surface area contributed by atoms with Gasteiger partial charge in [-0.3, -0.25) is 9.59 Å². The van der Waals surface area contributed by atoms with E-state index >= 15 is 0 Å². The molecule has 17 heavy (non-hydrogen) atoms. The lowest BCUT2D eigenvalue weighted by molar-refractivity contribution is -0.118. The van der Waals surface area contributed by atoms with Gasteiger partial charge in [0.2, 0.25) is 5.91 Å². The molecule has 6 nitrogen and oxygen atoms in total. The van der Waals surface area contributed by atoms with Crippen LogP contribution < -0.4 is 10.9 Å². The van der Waals surface area contributed by atoms with Crippen molar-refractivity contribution in [1.82, 2.24) is 15.3 Å². The number of aromatic nitrogens is 2. The molecule has 94 valence electrons. The van der Waals surface area contributed by atoms with Crippen LogP contribution in [0.3, 0.4) is 0 Å². The van der Waals surface area contributed by atoms with Crippen molar-refractivity contribution in [3.05, 3.63) is 21.6 Å². The molecule has 0 aromatic carbocycles. The summed E-state index contributed by atoms with van der Waals surface area (Å²) in [5.41, 5.74) is 0.810. The summed E-state index contributed by atoms with van der Waals surface area (Å²) in [7, 11) is 1.55. The van der Waals surface area contributed by atoms with Crippen LogP contribution in [0.15, 0.2) is 9.95 Å². The number of rotatable bonds is 5. The number of thioether (sulfide) groups is 1. The van der Waals surface area contributed by atoms with Crippen LogP contribution in [-0.4, -0.2) is 40.4 Å². The number of nitrogens with one attached hydrogen (secondary N) is 2. The minimum atomic E-state index is -0.258. The third-order valence-corrected chi connectivity index (χ3v) is 3.05. The summed E-state index contributed by atoms with van der Waals surface area (Å²) in [5.74, 6) is 0.0767. The van der Waals surface area contributed by atoms with Crippen LogP contribution in [-0.2, 0) is 11.2 Å². The summed E-state index contributed by atoms with van der Waals surface area (Å²) in [6.45, 7) is 1.63. The minimum Gasteiger partial charge on any atom is -0.396 e. The Morgan fingerprint density at radius 2 is 2.29 bits per heavy atom. The zero-order valence-corrected chi connectivity index (χ0v) is 10.6. The molecule has 0 aliphatic heterocycles. The summed E-state index contributed by atoms with van der Waals surface area (Å²) in [5, 5.41) is 11.7. The second kappa shape index (κ2) is 6.41. The minimum absolute atomic E-state index is 0.0870. The number of aliphatic hydroxyl groups is 1. The molecule has 7 heteroatoms. The predicted octanol–water partition coefficient (Wildman–Crippen LogP) is -0.549. The first-order chi connectivity index (χ1) is 8.08. The molecule has 0 aliphatic carbocycles. The standard InChI is InChI=1S/C10H15N3O3S/c1-6-7(3-4-14)9(16)13-10(12-6)17-5-8(15)11-2/h14H,3-5H2,1-2H3,(H,11,15)(H,12,13,16). The van der Waals surface area contributed by atoms with E-state index in [0.29, 0.717) is 16.4 Å². The molecule has 0 aliphatic rings. The van der Waals surface area contributed by atoms with Crippen molar-refractivity contribution in [2.24, 2.45) is 0 Å². The molecule has 0 fully saturated rings. The van der Waals surface area contributed by atoms with E-state index in [9.17, 15) is 9.59 Å². The Morgan fingerprint density at radius 1 is 1.59 bits per heavy atom. The number of nitrogens with zero attached hydrogens (tertiary/aromatic N) is 1. The number of aryl methyl sites for hydroxylation is 1. The van der Waals surface area contributed by atoms with E-state index in [-0.39, 0.29) is 30.2 Å². The van der Waals surface area contributed by atoms with E-state index in [1.807, 2.05) is 0 Å². The predicted molar refractivity (Wildman–Crippen MR) is 65.2 cm³/mol. The molecule has 1 aromatic rings. The Labute approximate surface area is 103 Å². The number of hydrogen-bond donors (Lipinski definition) is 3. The molecular weight excluding hydrogens is 242 g/mol. The van der Waals surface area contributed by atoms with Gasteiger partial charge in [0.25, 0.3) is 5.56 Å². The summed E-state index contributed by atoms with van der Waals surface area (Å²) in [6.07, 6.45) is 0.286. The van der Waals surface area contributed by atoms with Crippen LogP contribution in [0.4, 0.5) is 0 Å². The Hall–Kier alpha value is -1.34. The van der Waals surface area contributed by atoms with Gasteiger partial charge in [0, 0.05) is 31.3 Å². The number of amides is 1. The molecule has 0 atom stereocenters. The van der Waals surface area contributed by atoms with Crippen molar-refractivity contribution < 1.29 is 9.90 Å². The lowest BCUT2D eigenvalue weighted by Gasteiger charge is -2.05. The van der Waals surface area contributed by atoms with Crippen LogP contribution >= 0.6 is 11.8 Å². The molecule has 0 unspecified atom stereocenters. The van der Waals surface area contributed by atoms with Gasteiger partial charge in [0.1, 0.15) is 0 Å². The third-order valence-electron chi connectivity index (χ3n) is 2.18. The number of H-pyrrole nitrogens is 1. The van der Waals surface area contributed by atoms with E-state index in [4.69, 9.17) is 5.11 Å². The number of carbonyl (C=O) groups excluding carboxylic acids is 1. The Bertz CT molecular complexity index is 459. The average molecular weight is 257 g/mol. The zero-order chi connectivity index (χ0) is 12.8. The van der Waals surface area contributed by atoms with Crippen molar-refractivity contribution >= 4 is 17.7 Å². The fraction of sp³-hybridized carbons (Fsp3) is 0.500. The number of carbonyl (C=O) groups is 1. The van der Waals surface area contributed by atoms with Gasteiger partial charge in [-0.1, -0.05) is 11.8 Å². The quantitative estimate of drug-likeness (QED) is 0.486. The summed E-state index contributed by atoms with van der Waals surface area (Å²) in [6, 6.07) is 0. The molecule has 0 saturated carbocycles. The monoisotopic (exact) mass is 257 g/mol. The van der Waals surface area contributed by atoms with Gasteiger partial charge in [-0.25, -0.2) is 4.98 Å². The average Bonchev–Trinajstić information content (AvgIpc) is 2.30. The first-order valence-corrected chi connectivity index (χ1v) is 6.11. The van der Waals surface area contributed by atoms with Gasteiger partial charge in [0.05, 0.1) is 5.75 Å². The van der Waals surface area contributed by atoms with Crippen LogP contribution in [0.25, 0.3) is 0 Å². The smallest absolute Gasteiger partial charge is 0.255 e. The maximum atomic E-state index is 11.6. The van der Waals surface area contributed by atoms with Crippen LogP contribution in [0, 0.1) is 6.92 Å². The second-order valence-electron chi connectivity index (χ2n) is 3.37. The fourth-order valence-corrected chi connectivity index (χ4v) is 2.04. The van der Waals surface area contributed by atoms with Crippen molar-refractivity contribution in [3.63, 3.8) is 0 Å². The van der Waals surface area contributed by atoms with Crippen LogP contribution in [0.1, 0.15) is 11.3 Å². The Morgan fingerprint density at radius 3 is 2.82 bits per heavy atom. The zero-order valence-electron chi connectivity index (χ0n) is 9.74. The molecular formula is C10H15N3O3S. The number of aliphatic hydroxyl groups excluding tert-OH is 1. The molecule has 1 amide bonds. The van der Waals surface area contributed by atoms with E-state index in [1.165, 1.54) is 11.8 Å². The van der Waals surface area contributed by atoms with Gasteiger partial charge in [0.15, 0.2) is 5.16 Å². The molecule has 0 bridgehead atoms. The van der Waals surface area contributed by atoms with Crippen molar-refractivity contribution in [3.8, 4) is 0 Å². The topological polar surface area (TPSA) is 95.1 Å². The highest BCUT2D eigenvalue weighted by atomic mass is 32.2. The van der Waals surface area contributed by atoms with Gasteiger partial charge >= 0.3 is 0 Å². The highest BCUT2D eigenvalue weighted by Gasteiger charge is 2.09. The molecule has 0 spiro atoms. The molecule has 1 heterocycles. The molecule has 1 rings (SSSR count). The molecule has 1 aromatic heterocycles. The van der Waals surface area contributed by atoms with Gasteiger partial charge in [-0.2, -0.15) is 0 Å². The van der Waals surface area contributed by atoms with E-state index < -0.39 is 0 Å². The summed E-state index contributed by atoms with van der Waals surface area (Å²) >= 11 is 1.17. The maximum Gasteiger partial charge on any atom is 0.255 e. The van der Waals surface area contributed by atoms with Crippen molar-refractivity contribution in [2.75, 3.05) is 19.4 Å². The first kappa shape index (κ1) is 13.7. The van der Waals surface area contributed by atoms with Crippen molar-refractivity contribution in [2.45, 2.75) is 18.5 Å². The lowest BCUT2D eigenvalue weighted by Crippen LogP contribution is -2.21. The maximum absolute atomic E-state index is 11.6. The van der Waals surface area contributed by atoms with Gasteiger partial charge < -0.3 is 15.4 Å². The molecule has 0 saturated heterocycles. The first-order valence-electron chi connectivity index (χ1n) is 5.12. The normalized spacial score (nSPS) is 10.3. The lowest BCUT2D eigenvalue weighted by atomic mass is 10.2. The van der Waals surface area contributed by atoms with E-state index in [2.05, 4.69) is 15.3 Å². The Kier molecular flexibility index (Phi) is 5.17. The molecule has 3 N–H and O–H groups in total. The fourth-order valence-electron chi connectivity index (χ4n) is 1.27. The number of aromatic amines is 1. The summed E-state index contributed by atoms with van der Waals surface area (Å²) < 4.78 is 0. The van der Waals surface area contributed by atoms with E-state index in [0.717, 1.165) is 0 Å². The van der Waals surface area contributed by atoms with Gasteiger partial charge in [-0.15, -0.1) is 0 Å². The summed E-state index contributed by atoms with van der Waals surface area (Å²) in [4.78, 5) is 29.4. The van der Waals surface area contributed by atoms with Crippen molar-refractivity contribution in [1.29, 1.82) is 0 Å². The highest BCUT2D eigenvalue weighted by Crippen LogP contribution is 2.12. The van der Waals surface area contributed by atoms with Gasteiger partial charge in [-0.05, 0) is 6.92 Å². The number of hydrogen-bond acceptors (Lipinski definition) is 5. The van der Waals surface area contributed by atoms with Crippen LogP contribution in [0.5, 0.6) is 0 Å². The third kappa shape index (κ3) is 3.86. The molecule has 0 radical (unpaired) electrons. The Balaban J connectivity index is 2.83. The highest BCUT2D eigenvalue weighted by molar-refractivity contribution is 7.99. The SMILES string of the molecule is CNC(=O)CSc1nc(C)c(CCO)c(=O)[nH]1. The van der Waals surface area contributed by atoms with E-state index in [1.54, 1.807) is 14.0 Å².